The van der Waals surface area contributed by atoms with Crippen LogP contribution in [0.15, 0.2) is 53.1 Å². The van der Waals surface area contributed by atoms with Crippen molar-refractivity contribution in [3.63, 3.8) is 0 Å². The van der Waals surface area contributed by atoms with Gasteiger partial charge in [-0.1, -0.05) is 24.3 Å². The topological polar surface area (TPSA) is 12.9 Å². The molecule has 1 nitrogen and oxygen atoms in total. The Morgan fingerprint density at radius 3 is 1.91 bits per heavy atom. The molecule has 0 aliphatic heterocycles. The van der Waals surface area contributed by atoms with Crippen molar-refractivity contribution < 1.29 is 17.6 Å². The van der Waals surface area contributed by atoms with Crippen LogP contribution in [-0.2, 0) is 0 Å². The van der Waals surface area contributed by atoms with Gasteiger partial charge < -0.3 is 0 Å². The van der Waals surface area contributed by atoms with Crippen molar-refractivity contribution >= 4 is 15.9 Å². The lowest BCUT2D eigenvalue weighted by Crippen LogP contribution is -2.00. The van der Waals surface area contributed by atoms with Gasteiger partial charge in [-0.25, -0.2) is 22.5 Å². The first-order valence-corrected chi connectivity index (χ1v) is 7.33. The van der Waals surface area contributed by atoms with E-state index in [0.717, 1.165) is 12.1 Å². The molecule has 116 valence electrons. The minimum atomic E-state index is -0.984. The van der Waals surface area contributed by atoms with E-state index in [2.05, 4.69) is 20.9 Å². The van der Waals surface area contributed by atoms with Gasteiger partial charge in [0.1, 0.15) is 21.9 Å². The zero-order chi connectivity index (χ0) is 16.6. The summed E-state index contributed by atoms with van der Waals surface area (Å²) < 4.78 is 55.6. The molecule has 0 radical (unpaired) electrons. The number of rotatable bonds is 2. The molecule has 1 aromatic heterocycles. The third kappa shape index (κ3) is 2.99. The SMILES string of the molecule is Fc1cccc(-c2nc(Br)c(F)c(-c3cccc(F)c3)c2F)c1. The Hall–Kier alpha value is -2.21. The van der Waals surface area contributed by atoms with E-state index in [1.54, 1.807) is 0 Å². The zero-order valence-electron chi connectivity index (χ0n) is 11.5. The van der Waals surface area contributed by atoms with E-state index in [1.807, 2.05) is 0 Å². The standard InChI is InChI=1S/C17H8BrF4N/c18-17-15(22)13(9-3-1-5-11(19)7-9)14(21)16(23-17)10-4-2-6-12(20)8-10/h1-8H. The van der Waals surface area contributed by atoms with Gasteiger partial charge in [-0.05, 0) is 45.8 Å². The molecule has 0 unspecified atom stereocenters. The molecular formula is C17H8BrF4N. The highest BCUT2D eigenvalue weighted by molar-refractivity contribution is 9.10. The van der Waals surface area contributed by atoms with Crippen LogP contribution >= 0.6 is 15.9 Å². The number of aromatic nitrogens is 1. The van der Waals surface area contributed by atoms with E-state index in [9.17, 15) is 17.6 Å². The highest BCUT2D eigenvalue weighted by Gasteiger charge is 2.22. The van der Waals surface area contributed by atoms with Crippen molar-refractivity contribution in [2.75, 3.05) is 0 Å². The lowest BCUT2D eigenvalue weighted by Gasteiger charge is -2.11. The average molecular weight is 382 g/mol. The van der Waals surface area contributed by atoms with E-state index < -0.39 is 28.8 Å². The Morgan fingerprint density at radius 2 is 1.30 bits per heavy atom. The predicted octanol–water partition coefficient (Wildman–Crippen LogP) is 5.73. The quantitative estimate of drug-likeness (QED) is 0.407. The van der Waals surface area contributed by atoms with Crippen LogP contribution in [0.5, 0.6) is 0 Å². The summed E-state index contributed by atoms with van der Waals surface area (Å²) >= 11 is 2.92. The van der Waals surface area contributed by atoms with E-state index in [-0.39, 0.29) is 21.4 Å². The zero-order valence-corrected chi connectivity index (χ0v) is 13.0. The minimum Gasteiger partial charge on any atom is -0.235 e. The van der Waals surface area contributed by atoms with Crippen molar-refractivity contribution in [1.82, 2.24) is 4.98 Å². The molecule has 23 heavy (non-hydrogen) atoms. The first-order chi connectivity index (χ1) is 11.0. The van der Waals surface area contributed by atoms with Crippen LogP contribution in [0.4, 0.5) is 17.6 Å². The fraction of sp³-hybridized carbons (Fsp3) is 0. The lowest BCUT2D eigenvalue weighted by molar-refractivity contribution is 0.575. The molecule has 2 aromatic carbocycles. The molecule has 0 saturated carbocycles. The molecule has 0 bridgehead atoms. The van der Waals surface area contributed by atoms with Crippen LogP contribution in [0.25, 0.3) is 22.4 Å². The summed E-state index contributed by atoms with van der Waals surface area (Å²) in [5, 5.41) is 0. The Balaban J connectivity index is 2.29. The summed E-state index contributed by atoms with van der Waals surface area (Å²) in [4.78, 5) is 3.80. The molecule has 0 saturated heterocycles. The van der Waals surface area contributed by atoms with E-state index in [0.29, 0.717) is 0 Å². The second-order valence-corrected chi connectivity index (χ2v) is 5.53. The second-order valence-electron chi connectivity index (χ2n) is 4.77. The summed E-state index contributed by atoms with van der Waals surface area (Å²) in [6.07, 6.45) is 0. The Bertz CT molecular complexity index is 896. The summed E-state index contributed by atoms with van der Waals surface area (Å²) in [6, 6.07) is 10.1. The maximum atomic E-state index is 14.8. The van der Waals surface area contributed by atoms with Gasteiger partial charge in [-0.15, -0.1) is 0 Å². The number of hydrogen-bond donors (Lipinski definition) is 0. The van der Waals surface area contributed by atoms with Crippen molar-refractivity contribution in [2.45, 2.75) is 0 Å². The maximum Gasteiger partial charge on any atom is 0.166 e. The first-order valence-electron chi connectivity index (χ1n) is 6.53. The highest BCUT2D eigenvalue weighted by Crippen LogP contribution is 2.35. The molecule has 0 spiro atoms. The van der Waals surface area contributed by atoms with Crippen molar-refractivity contribution in [2.24, 2.45) is 0 Å². The van der Waals surface area contributed by atoms with Crippen LogP contribution in [0, 0.1) is 23.3 Å². The monoisotopic (exact) mass is 381 g/mol. The molecule has 0 fully saturated rings. The smallest absolute Gasteiger partial charge is 0.166 e. The minimum absolute atomic E-state index is 0.0285. The van der Waals surface area contributed by atoms with Gasteiger partial charge in [0.05, 0.1) is 5.56 Å². The van der Waals surface area contributed by atoms with Crippen LogP contribution in [-0.4, -0.2) is 4.98 Å². The Labute approximate surface area is 137 Å². The average Bonchev–Trinajstić information content (AvgIpc) is 2.51. The summed E-state index contributed by atoms with van der Waals surface area (Å²) in [7, 11) is 0. The van der Waals surface area contributed by atoms with E-state index in [1.165, 1.54) is 36.4 Å². The van der Waals surface area contributed by atoms with Gasteiger partial charge in [-0.2, -0.15) is 0 Å². The molecule has 0 N–H and O–H groups in total. The lowest BCUT2D eigenvalue weighted by atomic mass is 10.0. The third-order valence-corrected chi connectivity index (χ3v) is 3.77. The van der Waals surface area contributed by atoms with E-state index in [4.69, 9.17) is 0 Å². The Kier molecular flexibility index (Phi) is 4.17. The van der Waals surface area contributed by atoms with Gasteiger partial charge in [-0.3, -0.25) is 0 Å². The molecule has 3 rings (SSSR count). The predicted molar refractivity (Wildman–Crippen MR) is 82.6 cm³/mol. The largest absolute Gasteiger partial charge is 0.235 e. The van der Waals surface area contributed by atoms with Gasteiger partial charge >= 0.3 is 0 Å². The first kappa shape index (κ1) is 15.7. The normalized spacial score (nSPS) is 10.8. The second kappa shape index (κ2) is 6.12. The van der Waals surface area contributed by atoms with Gasteiger partial charge in [0.2, 0.25) is 0 Å². The van der Waals surface area contributed by atoms with Crippen LogP contribution in [0.1, 0.15) is 0 Å². The number of hydrogen-bond acceptors (Lipinski definition) is 1. The maximum absolute atomic E-state index is 14.8. The fourth-order valence-electron chi connectivity index (χ4n) is 2.24. The summed E-state index contributed by atoms with van der Waals surface area (Å²) in [5.41, 5.74) is -0.468. The summed E-state index contributed by atoms with van der Waals surface area (Å²) in [6.45, 7) is 0. The van der Waals surface area contributed by atoms with Crippen LogP contribution < -0.4 is 0 Å². The molecular weight excluding hydrogens is 374 g/mol. The number of halogens is 5. The Morgan fingerprint density at radius 1 is 0.739 bits per heavy atom. The van der Waals surface area contributed by atoms with Gasteiger partial charge in [0, 0.05) is 5.56 Å². The highest BCUT2D eigenvalue weighted by atomic mass is 79.9. The molecule has 0 aliphatic rings. The molecule has 1 heterocycles. The molecule has 0 atom stereocenters. The fourth-order valence-corrected chi connectivity index (χ4v) is 2.61. The number of nitrogens with zero attached hydrogens (tertiary/aromatic N) is 1. The van der Waals surface area contributed by atoms with E-state index >= 15 is 0 Å². The molecule has 0 amide bonds. The van der Waals surface area contributed by atoms with Crippen molar-refractivity contribution in [3.05, 3.63) is 76.4 Å². The van der Waals surface area contributed by atoms with Crippen molar-refractivity contribution in [3.8, 4) is 22.4 Å². The van der Waals surface area contributed by atoms with Gasteiger partial charge in [0.25, 0.3) is 0 Å². The van der Waals surface area contributed by atoms with Gasteiger partial charge in [0.15, 0.2) is 11.6 Å². The van der Waals surface area contributed by atoms with Crippen LogP contribution in [0.2, 0.25) is 0 Å². The molecule has 0 aliphatic carbocycles. The third-order valence-electron chi connectivity index (χ3n) is 3.25. The summed E-state index contributed by atoms with van der Waals surface area (Å²) in [5.74, 6) is -3.13. The number of pyridine rings is 1. The molecule has 3 aromatic rings. The number of benzene rings is 2. The van der Waals surface area contributed by atoms with Crippen LogP contribution in [0.3, 0.4) is 0 Å². The molecule has 6 heteroatoms. The van der Waals surface area contributed by atoms with Crippen molar-refractivity contribution in [1.29, 1.82) is 0 Å².